The van der Waals surface area contributed by atoms with Crippen LogP contribution in [0.1, 0.15) is 38.9 Å². The van der Waals surface area contributed by atoms with Crippen LogP contribution in [0.25, 0.3) is 22.0 Å². The third-order valence-electron chi connectivity index (χ3n) is 6.55. The predicted molar refractivity (Wildman–Crippen MR) is 138 cm³/mol. The molecule has 3 N–H and O–H groups in total. The van der Waals surface area contributed by atoms with Crippen molar-refractivity contribution in [3.63, 3.8) is 0 Å². The number of hydrogen-bond donors (Lipinski definition) is 2. The number of aliphatic hydroxyl groups excluding tert-OH is 1. The molecule has 0 unspecified atom stereocenters. The molecule has 1 aromatic heterocycles. The quantitative estimate of drug-likeness (QED) is 0.436. The van der Waals surface area contributed by atoms with Crippen LogP contribution in [0.15, 0.2) is 66.7 Å². The Morgan fingerprint density at radius 1 is 1.00 bits per heavy atom. The first-order chi connectivity index (χ1) is 17.5. The minimum Gasteiger partial charge on any atom is -0.395 e. The lowest BCUT2D eigenvalue weighted by atomic mass is 9.97. The molecule has 182 valence electrons. The van der Waals surface area contributed by atoms with E-state index in [9.17, 15) is 14.7 Å². The molecule has 0 saturated carbocycles. The van der Waals surface area contributed by atoms with Gasteiger partial charge in [-0.05, 0) is 47.4 Å². The van der Waals surface area contributed by atoms with Gasteiger partial charge in [0.1, 0.15) is 5.69 Å². The maximum absolute atomic E-state index is 13.6. The van der Waals surface area contributed by atoms with Crippen molar-refractivity contribution >= 4 is 28.7 Å². The smallest absolute Gasteiger partial charge is 0.273 e. The predicted octanol–water partition coefficient (Wildman–Crippen LogP) is 3.49. The van der Waals surface area contributed by atoms with Crippen LogP contribution in [0.4, 0.5) is 5.95 Å². The molecule has 2 amide bonds. The monoisotopic (exact) mass is 481 g/mol. The van der Waals surface area contributed by atoms with Gasteiger partial charge in [0.15, 0.2) is 0 Å². The van der Waals surface area contributed by atoms with E-state index in [2.05, 4.69) is 9.97 Å². The van der Waals surface area contributed by atoms with E-state index in [4.69, 9.17) is 5.73 Å². The van der Waals surface area contributed by atoms with Crippen molar-refractivity contribution in [1.29, 1.82) is 0 Å². The lowest BCUT2D eigenvalue weighted by Crippen LogP contribution is -2.33. The molecular formula is C28H27N5O3. The molecule has 0 fully saturated rings. The Labute approximate surface area is 209 Å². The fourth-order valence-electron chi connectivity index (χ4n) is 4.72. The second-order valence-corrected chi connectivity index (χ2v) is 8.75. The number of nitrogens with two attached hydrogens (primary N) is 1. The summed E-state index contributed by atoms with van der Waals surface area (Å²) in [5.41, 5.74) is 11.0. The van der Waals surface area contributed by atoms with Crippen molar-refractivity contribution in [3.8, 4) is 11.1 Å². The average Bonchev–Trinajstić information content (AvgIpc) is 3.34. The van der Waals surface area contributed by atoms with Gasteiger partial charge in [0.25, 0.3) is 11.8 Å². The van der Waals surface area contributed by atoms with Crippen LogP contribution in [0, 0.1) is 0 Å². The van der Waals surface area contributed by atoms with Crippen molar-refractivity contribution in [1.82, 2.24) is 19.8 Å². The number of carbonyl (C=O) groups excluding carboxylic acids is 2. The highest BCUT2D eigenvalue weighted by Gasteiger charge is 2.27. The SMILES string of the molecule is CCN(CCO)C(=O)c1ccccc1-c1ccc2nc(N)nc(C(=O)N3Cc4ccccc4C3)c2c1. The van der Waals surface area contributed by atoms with Crippen LogP contribution >= 0.6 is 0 Å². The maximum atomic E-state index is 13.6. The fourth-order valence-corrected chi connectivity index (χ4v) is 4.72. The topological polar surface area (TPSA) is 113 Å². The third-order valence-corrected chi connectivity index (χ3v) is 6.55. The van der Waals surface area contributed by atoms with E-state index in [0.29, 0.717) is 36.1 Å². The van der Waals surface area contributed by atoms with Gasteiger partial charge in [0.05, 0.1) is 12.1 Å². The van der Waals surface area contributed by atoms with Gasteiger partial charge in [0.2, 0.25) is 5.95 Å². The van der Waals surface area contributed by atoms with Gasteiger partial charge in [-0.3, -0.25) is 9.59 Å². The number of nitrogen functional groups attached to an aromatic ring is 1. The molecule has 0 bridgehead atoms. The molecule has 36 heavy (non-hydrogen) atoms. The Bertz CT molecular complexity index is 1440. The normalized spacial score (nSPS) is 12.6. The Kier molecular flexibility index (Phi) is 6.35. The molecule has 1 aliphatic heterocycles. The van der Waals surface area contributed by atoms with Crippen molar-refractivity contribution < 1.29 is 14.7 Å². The van der Waals surface area contributed by atoms with E-state index in [0.717, 1.165) is 22.3 Å². The van der Waals surface area contributed by atoms with E-state index in [1.54, 1.807) is 21.9 Å². The highest BCUT2D eigenvalue weighted by molar-refractivity contribution is 6.07. The summed E-state index contributed by atoms with van der Waals surface area (Å²) in [5.74, 6) is -0.345. The van der Waals surface area contributed by atoms with Crippen LogP contribution in [-0.2, 0) is 13.1 Å². The summed E-state index contributed by atoms with van der Waals surface area (Å²) in [6.07, 6.45) is 0. The van der Waals surface area contributed by atoms with Crippen molar-refractivity contribution in [2.45, 2.75) is 20.0 Å². The molecule has 0 aliphatic carbocycles. The van der Waals surface area contributed by atoms with Crippen LogP contribution in [0.2, 0.25) is 0 Å². The number of rotatable bonds is 6. The second-order valence-electron chi connectivity index (χ2n) is 8.75. The van der Waals surface area contributed by atoms with Gasteiger partial charge >= 0.3 is 0 Å². The second kappa shape index (κ2) is 9.75. The van der Waals surface area contributed by atoms with E-state index in [-0.39, 0.29) is 36.6 Å². The molecule has 0 radical (unpaired) electrons. The first-order valence-electron chi connectivity index (χ1n) is 11.9. The number of likely N-dealkylation sites (N-methyl/N-ethyl adjacent to an activating group) is 1. The number of aliphatic hydroxyl groups is 1. The van der Waals surface area contributed by atoms with Gasteiger partial charge in [-0.2, -0.15) is 0 Å². The number of carbonyl (C=O) groups is 2. The van der Waals surface area contributed by atoms with Crippen molar-refractivity contribution in [2.24, 2.45) is 0 Å². The minimum absolute atomic E-state index is 0.0356. The zero-order valence-corrected chi connectivity index (χ0v) is 20.0. The highest BCUT2D eigenvalue weighted by atomic mass is 16.3. The number of benzene rings is 3. The molecule has 4 aromatic rings. The Morgan fingerprint density at radius 3 is 2.39 bits per heavy atom. The van der Waals surface area contributed by atoms with Gasteiger partial charge in [-0.15, -0.1) is 0 Å². The summed E-state index contributed by atoms with van der Waals surface area (Å²) in [6, 6.07) is 20.8. The molecule has 1 aliphatic rings. The number of aromatic nitrogens is 2. The lowest BCUT2D eigenvalue weighted by Gasteiger charge is -2.21. The molecule has 8 heteroatoms. The Hall–Kier alpha value is -4.30. The third kappa shape index (κ3) is 4.27. The maximum Gasteiger partial charge on any atom is 0.273 e. The van der Waals surface area contributed by atoms with Crippen LogP contribution < -0.4 is 5.73 Å². The summed E-state index contributed by atoms with van der Waals surface area (Å²) >= 11 is 0. The minimum atomic E-state index is -0.216. The molecular weight excluding hydrogens is 454 g/mol. The molecule has 0 spiro atoms. The Morgan fingerprint density at radius 2 is 1.69 bits per heavy atom. The summed E-state index contributed by atoms with van der Waals surface area (Å²) in [4.78, 5) is 38.9. The van der Waals surface area contributed by atoms with Gasteiger partial charge in [0, 0.05) is 37.1 Å². The standard InChI is InChI=1S/C28H27N5O3/c1-2-32(13-14-34)26(35)22-10-6-5-9-21(22)18-11-12-24-23(15-18)25(31-28(29)30-24)27(36)33-16-19-7-3-4-8-20(19)17-33/h3-12,15,34H,2,13-14,16-17H2,1H3,(H2,29,30,31). The number of nitrogens with zero attached hydrogens (tertiary/aromatic N) is 4. The van der Waals surface area contributed by atoms with E-state index in [1.165, 1.54) is 0 Å². The average molecular weight is 482 g/mol. The highest BCUT2D eigenvalue weighted by Crippen LogP contribution is 2.31. The summed E-state index contributed by atoms with van der Waals surface area (Å²) in [5, 5.41) is 9.94. The summed E-state index contributed by atoms with van der Waals surface area (Å²) in [6.45, 7) is 3.52. The number of anilines is 1. The molecule has 0 atom stereocenters. The summed E-state index contributed by atoms with van der Waals surface area (Å²) in [7, 11) is 0. The molecule has 8 nitrogen and oxygen atoms in total. The Balaban J connectivity index is 1.57. The molecule has 3 aromatic carbocycles. The summed E-state index contributed by atoms with van der Waals surface area (Å²) < 4.78 is 0. The molecule has 2 heterocycles. The van der Waals surface area contributed by atoms with Gasteiger partial charge in [-0.25, -0.2) is 9.97 Å². The first kappa shape index (κ1) is 23.4. The van der Waals surface area contributed by atoms with Crippen molar-refractivity contribution in [2.75, 3.05) is 25.4 Å². The number of hydrogen-bond acceptors (Lipinski definition) is 6. The van der Waals surface area contributed by atoms with E-state index in [1.807, 2.05) is 61.5 Å². The van der Waals surface area contributed by atoms with Crippen LogP contribution in [0.3, 0.4) is 0 Å². The van der Waals surface area contributed by atoms with E-state index >= 15 is 0 Å². The number of amides is 2. The van der Waals surface area contributed by atoms with Gasteiger partial charge < -0.3 is 20.6 Å². The molecule has 5 rings (SSSR count). The zero-order valence-electron chi connectivity index (χ0n) is 20.0. The van der Waals surface area contributed by atoms with Gasteiger partial charge in [-0.1, -0.05) is 48.5 Å². The molecule has 0 saturated heterocycles. The van der Waals surface area contributed by atoms with Crippen LogP contribution in [-0.4, -0.2) is 56.4 Å². The van der Waals surface area contributed by atoms with Crippen LogP contribution in [0.5, 0.6) is 0 Å². The van der Waals surface area contributed by atoms with Crippen molar-refractivity contribution in [3.05, 3.63) is 89.1 Å². The zero-order chi connectivity index (χ0) is 25.2. The number of fused-ring (bicyclic) bond motifs is 2. The van der Waals surface area contributed by atoms with E-state index < -0.39 is 0 Å². The fraction of sp³-hybridized carbons (Fsp3) is 0.214. The lowest BCUT2D eigenvalue weighted by molar-refractivity contribution is 0.0730. The largest absolute Gasteiger partial charge is 0.395 e. The first-order valence-corrected chi connectivity index (χ1v) is 11.9.